The van der Waals surface area contributed by atoms with Gasteiger partial charge in [0.05, 0.1) is 6.20 Å². The topological polar surface area (TPSA) is 40.7 Å². The number of H-pyrrole nitrogens is 1. The summed E-state index contributed by atoms with van der Waals surface area (Å²) >= 11 is 0. The molecule has 2 N–H and O–H groups in total. The van der Waals surface area contributed by atoms with Gasteiger partial charge in [0.2, 0.25) is 0 Å². The largest absolute Gasteiger partial charge is 0.366 e. The molecule has 0 bridgehead atoms. The molecule has 3 heteroatoms. The third kappa shape index (κ3) is 2.08. The quantitative estimate of drug-likeness (QED) is 0.532. The first-order chi connectivity index (χ1) is 6.29. The van der Waals surface area contributed by atoms with Crippen LogP contribution in [-0.2, 0) is 0 Å². The SMILES string of the molecule is C=CCNc1[nH]ncc1C(=C)C=C. The van der Waals surface area contributed by atoms with Crippen molar-refractivity contribution in [3.63, 3.8) is 0 Å². The number of nitrogens with zero attached hydrogens (tertiary/aromatic N) is 1. The molecule has 3 nitrogen and oxygen atoms in total. The zero-order valence-corrected chi connectivity index (χ0v) is 7.51. The van der Waals surface area contributed by atoms with E-state index in [1.54, 1.807) is 18.3 Å². The van der Waals surface area contributed by atoms with Crippen LogP contribution in [0, 0.1) is 0 Å². The van der Waals surface area contributed by atoms with Gasteiger partial charge in [0.25, 0.3) is 0 Å². The molecule has 1 heterocycles. The summed E-state index contributed by atoms with van der Waals surface area (Å²) in [5.41, 5.74) is 1.79. The molecule has 0 fully saturated rings. The van der Waals surface area contributed by atoms with Gasteiger partial charge in [0, 0.05) is 12.1 Å². The van der Waals surface area contributed by atoms with Crippen LogP contribution in [0.5, 0.6) is 0 Å². The van der Waals surface area contributed by atoms with Crippen molar-refractivity contribution in [2.75, 3.05) is 11.9 Å². The minimum absolute atomic E-state index is 0.694. The summed E-state index contributed by atoms with van der Waals surface area (Å²) in [6.45, 7) is 11.8. The highest BCUT2D eigenvalue weighted by Crippen LogP contribution is 2.19. The lowest BCUT2D eigenvalue weighted by atomic mass is 10.1. The second-order valence-corrected chi connectivity index (χ2v) is 2.56. The van der Waals surface area contributed by atoms with Crippen molar-refractivity contribution in [3.8, 4) is 0 Å². The monoisotopic (exact) mass is 175 g/mol. The van der Waals surface area contributed by atoms with Crippen molar-refractivity contribution in [3.05, 3.63) is 43.6 Å². The molecular weight excluding hydrogens is 162 g/mol. The van der Waals surface area contributed by atoms with Crippen LogP contribution in [0.25, 0.3) is 5.57 Å². The summed E-state index contributed by atoms with van der Waals surface area (Å²) < 4.78 is 0. The van der Waals surface area contributed by atoms with E-state index in [0.717, 1.165) is 17.0 Å². The summed E-state index contributed by atoms with van der Waals surface area (Å²) in [6, 6.07) is 0. The van der Waals surface area contributed by atoms with Gasteiger partial charge in [-0.15, -0.1) is 6.58 Å². The highest BCUT2D eigenvalue weighted by Gasteiger charge is 2.04. The van der Waals surface area contributed by atoms with E-state index in [-0.39, 0.29) is 0 Å². The first-order valence-corrected chi connectivity index (χ1v) is 3.99. The Morgan fingerprint density at radius 2 is 2.38 bits per heavy atom. The molecule has 1 aromatic heterocycles. The third-order valence-corrected chi connectivity index (χ3v) is 1.65. The van der Waals surface area contributed by atoms with Gasteiger partial charge in [-0.2, -0.15) is 5.10 Å². The predicted octanol–water partition coefficient (Wildman–Crippen LogP) is 2.21. The van der Waals surface area contributed by atoms with Gasteiger partial charge in [-0.3, -0.25) is 5.10 Å². The number of aromatic nitrogens is 2. The standard InChI is InChI=1S/C10H13N3/c1-4-6-11-10-9(7-12-13-10)8(3)5-2/h4-5,7H,1-3,6H2,(H2,11,12,13). The van der Waals surface area contributed by atoms with Gasteiger partial charge in [0.1, 0.15) is 5.82 Å². The molecule has 0 aromatic carbocycles. The zero-order valence-electron chi connectivity index (χ0n) is 7.51. The van der Waals surface area contributed by atoms with Crippen molar-refractivity contribution in [2.24, 2.45) is 0 Å². The normalized spacial score (nSPS) is 9.23. The Morgan fingerprint density at radius 1 is 1.62 bits per heavy atom. The van der Waals surface area contributed by atoms with E-state index in [2.05, 4.69) is 35.3 Å². The molecule has 68 valence electrons. The molecule has 0 saturated heterocycles. The van der Waals surface area contributed by atoms with Crippen LogP contribution < -0.4 is 5.32 Å². The Labute approximate surface area is 77.9 Å². The van der Waals surface area contributed by atoms with Gasteiger partial charge in [-0.1, -0.05) is 25.3 Å². The average Bonchev–Trinajstić information content (AvgIpc) is 2.61. The molecule has 1 aromatic rings. The molecule has 0 saturated carbocycles. The predicted molar refractivity (Wildman–Crippen MR) is 56.5 cm³/mol. The van der Waals surface area contributed by atoms with E-state index < -0.39 is 0 Å². The average molecular weight is 175 g/mol. The molecule has 0 atom stereocenters. The number of aromatic amines is 1. The van der Waals surface area contributed by atoms with E-state index >= 15 is 0 Å². The lowest BCUT2D eigenvalue weighted by molar-refractivity contribution is 1.08. The van der Waals surface area contributed by atoms with Crippen molar-refractivity contribution in [2.45, 2.75) is 0 Å². The van der Waals surface area contributed by atoms with Crippen LogP contribution >= 0.6 is 0 Å². The Kier molecular flexibility index (Phi) is 3.09. The van der Waals surface area contributed by atoms with Gasteiger partial charge < -0.3 is 5.32 Å². The second kappa shape index (κ2) is 4.30. The maximum absolute atomic E-state index is 3.91. The Balaban J connectivity index is 2.82. The van der Waals surface area contributed by atoms with Crippen LogP contribution in [0.1, 0.15) is 5.56 Å². The molecule has 0 aliphatic rings. The summed E-state index contributed by atoms with van der Waals surface area (Å²) in [7, 11) is 0. The van der Waals surface area contributed by atoms with Gasteiger partial charge in [-0.25, -0.2) is 0 Å². The molecular formula is C10H13N3. The molecule has 0 spiro atoms. The second-order valence-electron chi connectivity index (χ2n) is 2.56. The van der Waals surface area contributed by atoms with Crippen LogP contribution in [0.4, 0.5) is 5.82 Å². The third-order valence-electron chi connectivity index (χ3n) is 1.65. The van der Waals surface area contributed by atoms with E-state index in [9.17, 15) is 0 Å². The lowest BCUT2D eigenvalue weighted by Crippen LogP contribution is -2.00. The van der Waals surface area contributed by atoms with Crippen molar-refractivity contribution in [1.29, 1.82) is 0 Å². The van der Waals surface area contributed by atoms with Gasteiger partial charge >= 0.3 is 0 Å². The Bertz CT molecular complexity index is 323. The fourth-order valence-electron chi connectivity index (χ4n) is 0.949. The van der Waals surface area contributed by atoms with Crippen LogP contribution in [0.3, 0.4) is 0 Å². The first kappa shape index (κ1) is 9.32. The Morgan fingerprint density at radius 3 is 3.00 bits per heavy atom. The fourth-order valence-corrected chi connectivity index (χ4v) is 0.949. The van der Waals surface area contributed by atoms with Gasteiger partial charge in [-0.05, 0) is 5.57 Å². The summed E-state index contributed by atoms with van der Waals surface area (Å²) in [4.78, 5) is 0. The Hall–Kier alpha value is -1.77. The number of anilines is 1. The highest BCUT2D eigenvalue weighted by atomic mass is 15.2. The van der Waals surface area contributed by atoms with Crippen LogP contribution in [0.2, 0.25) is 0 Å². The first-order valence-electron chi connectivity index (χ1n) is 3.99. The minimum Gasteiger partial charge on any atom is -0.366 e. The van der Waals surface area contributed by atoms with E-state index in [1.807, 2.05) is 0 Å². The summed E-state index contributed by atoms with van der Waals surface area (Å²) in [5, 5.41) is 9.87. The van der Waals surface area contributed by atoms with Crippen molar-refractivity contribution >= 4 is 11.4 Å². The molecule has 0 amide bonds. The number of hydrogen-bond donors (Lipinski definition) is 2. The number of nitrogens with one attached hydrogen (secondary N) is 2. The zero-order chi connectivity index (χ0) is 9.68. The smallest absolute Gasteiger partial charge is 0.129 e. The summed E-state index contributed by atoms with van der Waals surface area (Å²) in [5.74, 6) is 0.852. The van der Waals surface area contributed by atoms with Gasteiger partial charge in [0.15, 0.2) is 0 Å². The number of hydrogen-bond acceptors (Lipinski definition) is 2. The summed E-state index contributed by atoms with van der Waals surface area (Å²) in [6.07, 6.45) is 5.20. The van der Waals surface area contributed by atoms with E-state index in [4.69, 9.17) is 0 Å². The number of allylic oxidation sites excluding steroid dienone is 2. The molecule has 0 unspecified atom stereocenters. The van der Waals surface area contributed by atoms with Crippen LogP contribution in [-0.4, -0.2) is 16.7 Å². The van der Waals surface area contributed by atoms with Crippen molar-refractivity contribution < 1.29 is 0 Å². The lowest BCUT2D eigenvalue weighted by Gasteiger charge is -2.03. The molecule has 1 rings (SSSR count). The van der Waals surface area contributed by atoms with E-state index in [0.29, 0.717) is 6.54 Å². The maximum atomic E-state index is 3.91. The molecule has 13 heavy (non-hydrogen) atoms. The molecule has 0 aliphatic heterocycles. The van der Waals surface area contributed by atoms with E-state index in [1.165, 1.54) is 0 Å². The maximum Gasteiger partial charge on any atom is 0.129 e. The molecule has 0 radical (unpaired) electrons. The highest BCUT2D eigenvalue weighted by molar-refractivity contribution is 5.78. The fraction of sp³-hybridized carbons (Fsp3) is 0.100. The van der Waals surface area contributed by atoms with Crippen LogP contribution in [0.15, 0.2) is 38.1 Å². The molecule has 0 aliphatic carbocycles. The minimum atomic E-state index is 0.694. The number of rotatable bonds is 5. The van der Waals surface area contributed by atoms with Crippen molar-refractivity contribution in [1.82, 2.24) is 10.2 Å².